The number of imidazole rings is 1. The molecule has 21 heavy (non-hydrogen) atoms. The third kappa shape index (κ3) is 2.17. The summed E-state index contributed by atoms with van der Waals surface area (Å²) >= 11 is 0. The number of aromatic nitrogens is 2. The summed E-state index contributed by atoms with van der Waals surface area (Å²) in [5, 5.41) is 12.0. The molecule has 7 heteroatoms. The van der Waals surface area contributed by atoms with Crippen molar-refractivity contribution in [3.05, 3.63) is 58.6 Å². The smallest absolute Gasteiger partial charge is 0.209 e. The van der Waals surface area contributed by atoms with E-state index < -0.39 is 11.6 Å². The maximum Gasteiger partial charge on any atom is 0.209 e. The predicted octanol–water partition coefficient (Wildman–Crippen LogP) is 3.17. The first kappa shape index (κ1) is 13.3. The van der Waals surface area contributed by atoms with Crippen LogP contribution < -0.4 is 0 Å². The summed E-state index contributed by atoms with van der Waals surface area (Å²) in [5.74, 6) is -2.02. The number of hydrogen-bond acceptors (Lipinski definition) is 4. The summed E-state index contributed by atoms with van der Waals surface area (Å²) in [6, 6.07) is 6.43. The Kier molecular flexibility index (Phi) is 3.19. The van der Waals surface area contributed by atoms with E-state index in [-0.39, 0.29) is 23.7 Å². The van der Waals surface area contributed by atoms with E-state index in [9.17, 15) is 13.7 Å². The van der Waals surface area contributed by atoms with E-state index in [4.69, 9.17) is 5.11 Å². The van der Waals surface area contributed by atoms with Gasteiger partial charge in [0.1, 0.15) is 11.3 Å². The van der Waals surface area contributed by atoms with Gasteiger partial charge in [0.05, 0.1) is 6.61 Å². The fourth-order valence-electron chi connectivity index (χ4n) is 2.10. The number of aliphatic hydroxyl groups is 1. The molecular weight excluding hydrogens is 280 g/mol. The van der Waals surface area contributed by atoms with Crippen LogP contribution in [-0.4, -0.2) is 14.5 Å². The molecule has 0 spiro atoms. The standard InChI is InChI=1S/C14H9F2N3O2/c15-10-2-1-9(6-11(10)16)13-14(18-21)19-4-3-8(7-20)5-12(19)17-13/h1-6,20H,7H2. The summed E-state index contributed by atoms with van der Waals surface area (Å²) in [6.45, 7) is -0.173. The number of pyridine rings is 1. The highest BCUT2D eigenvalue weighted by Crippen LogP contribution is 2.31. The van der Waals surface area contributed by atoms with Crippen molar-refractivity contribution in [2.75, 3.05) is 0 Å². The first-order valence-corrected chi connectivity index (χ1v) is 6.04. The molecule has 0 saturated heterocycles. The lowest BCUT2D eigenvalue weighted by atomic mass is 10.1. The third-order valence-corrected chi connectivity index (χ3v) is 3.13. The van der Waals surface area contributed by atoms with Gasteiger partial charge in [0.2, 0.25) is 5.82 Å². The number of hydrogen-bond donors (Lipinski definition) is 1. The Balaban J connectivity index is 2.25. The molecule has 0 saturated carbocycles. The van der Waals surface area contributed by atoms with Crippen LogP contribution in [-0.2, 0) is 6.61 Å². The molecule has 0 aliphatic heterocycles. The molecular formula is C14H9F2N3O2. The molecule has 0 bridgehead atoms. The lowest BCUT2D eigenvalue weighted by Crippen LogP contribution is -1.88. The second-order valence-corrected chi connectivity index (χ2v) is 4.43. The average molecular weight is 289 g/mol. The molecule has 3 aromatic rings. The van der Waals surface area contributed by atoms with Crippen molar-refractivity contribution in [2.24, 2.45) is 5.18 Å². The maximum absolute atomic E-state index is 13.3. The zero-order valence-electron chi connectivity index (χ0n) is 10.6. The van der Waals surface area contributed by atoms with Crippen LogP contribution in [0.2, 0.25) is 0 Å². The van der Waals surface area contributed by atoms with Crippen LogP contribution in [0.4, 0.5) is 14.6 Å². The summed E-state index contributed by atoms with van der Waals surface area (Å²) in [5.41, 5.74) is 1.40. The Hall–Kier alpha value is -2.67. The molecule has 0 fully saturated rings. The summed E-state index contributed by atoms with van der Waals surface area (Å²) in [4.78, 5) is 15.3. The Morgan fingerprint density at radius 2 is 2.00 bits per heavy atom. The van der Waals surface area contributed by atoms with E-state index >= 15 is 0 Å². The Morgan fingerprint density at radius 1 is 1.19 bits per heavy atom. The molecule has 2 aromatic heterocycles. The van der Waals surface area contributed by atoms with Crippen molar-refractivity contribution >= 4 is 11.5 Å². The van der Waals surface area contributed by atoms with Crippen LogP contribution in [0.1, 0.15) is 5.56 Å². The molecule has 1 N–H and O–H groups in total. The van der Waals surface area contributed by atoms with Crippen molar-refractivity contribution in [1.29, 1.82) is 0 Å². The molecule has 5 nitrogen and oxygen atoms in total. The Bertz CT molecular complexity index is 846. The zero-order chi connectivity index (χ0) is 15.0. The fourth-order valence-corrected chi connectivity index (χ4v) is 2.10. The number of rotatable bonds is 3. The van der Waals surface area contributed by atoms with Gasteiger partial charge >= 0.3 is 0 Å². The van der Waals surface area contributed by atoms with Crippen molar-refractivity contribution < 1.29 is 13.9 Å². The number of aliphatic hydroxyl groups excluding tert-OH is 1. The Labute approximate surface area is 117 Å². The van der Waals surface area contributed by atoms with Gasteiger partial charge in [-0.05, 0) is 41.1 Å². The molecule has 1 aromatic carbocycles. The van der Waals surface area contributed by atoms with E-state index in [2.05, 4.69) is 10.2 Å². The van der Waals surface area contributed by atoms with E-state index in [0.29, 0.717) is 11.2 Å². The van der Waals surface area contributed by atoms with Crippen molar-refractivity contribution in [2.45, 2.75) is 6.61 Å². The number of fused-ring (bicyclic) bond motifs is 1. The largest absolute Gasteiger partial charge is 0.392 e. The molecule has 0 amide bonds. The van der Waals surface area contributed by atoms with Gasteiger partial charge in [0.25, 0.3) is 0 Å². The average Bonchev–Trinajstić information content (AvgIpc) is 2.87. The maximum atomic E-state index is 13.3. The first-order valence-electron chi connectivity index (χ1n) is 6.04. The normalized spacial score (nSPS) is 11.0. The lowest BCUT2D eigenvalue weighted by Gasteiger charge is -1.99. The molecule has 106 valence electrons. The van der Waals surface area contributed by atoms with Crippen LogP contribution in [0.5, 0.6) is 0 Å². The Morgan fingerprint density at radius 3 is 2.67 bits per heavy atom. The topological polar surface area (TPSA) is 67.0 Å². The van der Waals surface area contributed by atoms with Gasteiger partial charge < -0.3 is 5.11 Å². The van der Waals surface area contributed by atoms with Crippen LogP contribution in [0.15, 0.2) is 41.7 Å². The highest BCUT2D eigenvalue weighted by Gasteiger charge is 2.16. The molecule has 0 radical (unpaired) electrons. The minimum Gasteiger partial charge on any atom is -0.392 e. The number of benzene rings is 1. The molecule has 2 heterocycles. The van der Waals surface area contributed by atoms with Gasteiger partial charge in [0.15, 0.2) is 11.6 Å². The monoisotopic (exact) mass is 289 g/mol. The quantitative estimate of drug-likeness (QED) is 0.753. The number of halogens is 2. The molecule has 0 atom stereocenters. The predicted molar refractivity (Wildman–Crippen MR) is 71.9 cm³/mol. The summed E-state index contributed by atoms with van der Waals surface area (Å²) < 4.78 is 27.7. The molecule has 0 aliphatic carbocycles. The highest BCUT2D eigenvalue weighted by molar-refractivity contribution is 5.74. The summed E-state index contributed by atoms with van der Waals surface area (Å²) in [7, 11) is 0. The van der Waals surface area contributed by atoms with Crippen LogP contribution in [0.3, 0.4) is 0 Å². The second kappa shape index (κ2) is 5.02. The van der Waals surface area contributed by atoms with Gasteiger partial charge in [-0.25, -0.2) is 13.8 Å². The van der Waals surface area contributed by atoms with Gasteiger partial charge in [-0.15, -0.1) is 4.91 Å². The van der Waals surface area contributed by atoms with Crippen molar-refractivity contribution in [3.8, 4) is 11.3 Å². The SMILES string of the molecule is O=Nc1c(-c2ccc(F)c(F)c2)nc2cc(CO)ccn12. The van der Waals surface area contributed by atoms with Gasteiger partial charge in [0, 0.05) is 11.8 Å². The molecule has 3 rings (SSSR count). The summed E-state index contributed by atoms with van der Waals surface area (Å²) in [6.07, 6.45) is 1.54. The van der Waals surface area contributed by atoms with Gasteiger partial charge in [-0.3, -0.25) is 4.40 Å². The van der Waals surface area contributed by atoms with Crippen molar-refractivity contribution in [1.82, 2.24) is 9.38 Å². The minimum absolute atomic E-state index is 0.0134. The second-order valence-electron chi connectivity index (χ2n) is 4.43. The fraction of sp³-hybridized carbons (Fsp3) is 0.0714. The van der Waals surface area contributed by atoms with Crippen molar-refractivity contribution in [3.63, 3.8) is 0 Å². The molecule has 0 unspecified atom stereocenters. The van der Waals surface area contributed by atoms with E-state index in [0.717, 1.165) is 12.1 Å². The van der Waals surface area contributed by atoms with Crippen LogP contribution in [0, 0.1) is 16.5 Å². The third-order valence-electron chi connectivity index (χ3n) is 3.13. The molecule has 0 aliphatic rings. The van der Waals surface area contributed by atoms with E-state index in [1.165, 1.54) is 16.7 Å². The van der Waals surface area contributed by atoms with E-state index in [1.807, 2.05) is 0 Å². The lowest BCUT2D eigenvalue weighted by molar-refractivity contribution is 0.282. The zero-order valence-corrected chi connectivity index (χ0v) is 10.6. The van der Waals surface area contributed by atoms with Crippen LogP contribution in [0.25, 0.3) is 16.9 Å². The van der Waals surface area contributed by atoms with Crippen LogP contribution >= 0.6 is 0 Å². The van der Waals surface area contributed by atoms with Gasteiger partial charge in [-0.1, -0.05) is 0 Å². The van der Waals surface area contributed by atoms with E-state index in [1.54, 1.807) is 12.1 Å². The number of nitroso groups, excluding NO2 is 1. The minimum atomic E-state index is -1.03. The first-order chi connectivity index (χ1) is 10.1. The highest BCUT2D eigenvalue weighted by atomic mass is 19.2. The number of nitrogens with zero attached hydrogens (tertiary/aromatic N) is 3. The van der Waals surface area contributed by atoms with Gasteiger partial charge in [-0.2, -0.15) is 0 Å².